The Hall–Kier alpha value is -4.46. The minimum absolute atomic E-state index is 0.0366. The largest absolute Gasteiger partial charge is 0.573 e. The fraction of sp³-hybridized carbons (Fsp3) is 0.226. The topological polar surface area (TPSA) is 41.9 Å². The molecule has 14 heteroatoms. The van der Waals surface area contributed by atoms with Crippen molar-refractivity contribution in [3.05, 3.63) is 125 Å². The van der Waals surface area contributed by atoms with Crippen molar-refractivity contribution in [1.29, 1.82) is 0 Å². The van der Waals surface area contributed by atoms with Gasteiger partial charge in [0.05, 0.1) is 23.8 Å². The standard InChI is InChI=1S/C31H23F10NO3/c32-27-12-4-11-26(30(36,37)38)25(27)16-42(28(17-43)20-6-2-7-21(14-20)29(33,34)35)22-8-3-9-23(15-22)44-18-19-5-1-10-24(13-19)45-31(39,40)41/h1-15,28,43H,16-18H2. The van der Waals surface area contributed by atoms with Crippen LogP contribution in [0, 0.1) is 5.82 Å². The molecule has 0 fully saturated rings. The number of nitrogens with zero attached hydrogens (tertiary/aromatic N) is 1. The van der Waals surface area contributed by atoms with E-state index < -0.39 is 66.2 Å². The average molecular weight is 648 g/mol. The first-order valence-electron chi connectivity index (χ1n) is 13.0. The van der Waals surface area contributed by atoms with Crippen molar-refractivity contribution in [2.24, 2.45) is 0 Å². The van der Waals surface area contributed by atoms with Crippen LogP contribution in [0.2, 0.25) is 0 Å². The maximum Gasteiger partial charge on any atom is 0.573 e. The van der Waals surface area contributed by atoms with Crippen LogP contribution in [0.1, 0.15) is 33.9 Å². The highest BCUT2D eigenvalue weighted by molar-refractivity contribution is 5.54. The summed E-state index contributed by atoms with van der Waals surface area (Å²) >= 11 is 0. The van der Waals surface area contributed by atoms with Gasteiger partial charge in [0.2, 0.25) is 0 Å². The van der Waals surface area contributed by atoms with E-state index in [1.165, 1.54) is 42.5 Å². The molecule has 0 aliphatic heterocycles. The van der Waals surface area contributed by atoms with Gasteiger partial charge in [0.1, 0.15) is 23.9 Å². The molecular weight excluding hydrogens is 624 g/mol. The molecule has 1 atom stereocenters. The number of aliphatic hydroxyl groups excluding tert-OH is 1. The molecule has 1 N–H and O–H groups in total. The Balaban J connectivity index is 1.73. The number of halogens is 10. The molecule has 240 valence electrons. The van der Waals surface area contributed by atoms with E-state index in [2.05, 4.69) is 4.74 Å². The van der Waals surface area contributed by atoms with Crippen LogP contribution in [0.5, 0.6) is 11.5 Å². The Labute approximate surface area is 250 Å². The van der Waals surface area contributed by atoms with Crippen LogP contribution in [0.15, 0.2) is 91.0 Å². The van der Waals surface area contributed by atoms with Crippen molar-refractivity contribution in [2.45, 2.75) is 37.9 Å². The fourth-order valence-electron chi connectivity index (χ4n) is 4.59. The van der Waals surface area contributed by atoms with E-state index >= 15 is 0 Å². The van der Waals surface area contributed by atoms with E-state index in [0.29, 0.717) is 6.07 Å². The predicted molar refractivity (Wildman–Crippen MR) is 143 cm³/mol. The first kappa shape index (κ1) is 33.4. The van der Waals surface area contributed by atoms with Gasteiger partial charge in [0, 0.05) is 23.9 Å². The third-order valence-electron chi connectivity index (χ3n) is 6.59. The summed E-state index contributed by atoms with van der Waals surface area (Å²) < 4.78 is 144. The molecule has 4 aromatic carbocycles. The summed E-state index contributed by atoms with van der Waals surface area (Å²) in [4.78, 5) is 1.10. The van der Waals surface area contributed by atoms with Crippen molar-refractivity contribution in [1.82, 2.24) is 0 Å². The summed E-state index contributed by atoms with van der Waals surface area (Å²) in [5.74, 6) is -1.67. The van der Waals surface area contributed by atoms with E-state index in [4.69, 9.17) is 4.74 Å². The number of anilines is 1. The summed E-state index contributed by atoms with van der Waals surface area (Å²) in [6.45, 7) is -1.99. The molecule has 0 amide bonds. The van der Waals surface area contributed by atoms with Crippen LogP contribution in [0.25, 0.3) is 0 Å². The van der Waals surface area contributed by atoms with Gasteiger partial charge in [-0.15, -0.1) is 13.2 Å². The molecular formula is C31H23F10NO3. The molecule has 45 heavy (non-hydrogen) atoms. The molecule has 0 aliphatic carbocycles. The lowest BCUT2D eigenvalue weighted by atomic mass is 9.99. The molecule has 0 spiro atoms. The summed E-state index contributed by atoms with van der Waals surface area (Å²) in [6, 6.07) is 15.1. The number of benzene rings is 4. The molecule has 4 nitrogen and oxygen atoms in total. The highest BCUT2D eigenvalue weighted by atomic mass is 19.4. The lowest BCUT2D eigenvalue weighted by molar-refractivity contribution is -0.274. The predicted octanol–water partition coefficient (Wildman–Crippen LogP) is 9.08. The number of ether oxygens (including phenoxy) is 2. The van der Waals surface area contributed by atoms with Crippen LogP contribution in [-0.4, -0.2) is 18.1 Å². The monoisotopic (exact) mass is 647 g/mol. The van der Waals surface area contributed by atoms with E-state index in [0.717, 1.165) is 47.4 Å². The Morgan fingerprint density at radius 3 is 2.04 bits per heavy atom. The molecule has 4 aromatic rings. The number of hydrogen-bond acceptors (Lipinski definition) is 4. The second-order valence-electron chi connectivity index (χ2n) is 9.69. The lowest BCUT2D eigenvalue weighted by Gasteiger charge is -2.34. The normalized spacial score (nSPS) is 13.0. The highest BCUT2D eigenvalue weighted by Crippen LogP contribution is 2.38. The molecule has 0 radical (unpaired) electrons. The molecule has 0 bridgehead atoms. The van der Waals surface area contributed by atoms with Crippen LogP contribution in [0.4, 0.5) is 49.6 Å². The minimum Gasteiger partial charge on any atom is -0.489 e. The Bertz CT molecular complexity index is 1600. The van der Waals surface area contributed by atoms with E-state index in [9.17, 15) is 49.0 Å². The van der Waals surface area contributed by atoms with Gasteiger partial charge in [0.15, 0.2) is 0 Å². The van der Waals surface area contributed by atoms with Gasteiger partial charge in [-0.3, -0.25) is 0 Å². The van der Waals surface area contributed by atoms with Crippen molar-refractivity contribution >= 4 is 5.69 Å². The maximum absolute atomic E-state index is 14.9. The third kappa shape index (κ3) is 8.81. The van der Waals surface area contributed by atoms with Gasteiger partial charge >= 0.3 is 18.7 Å². The van der Waals surface area contributed by atoms with Crippen molar-refractivity contribution in [3.8, 4) is 11.5 Å². The van der Waals surface area contributed by atoms with Crippen molar-refractivity contribution in [2.75, 3.05) is 11.5 Å². The third-order valence-corrected chi connectivity index (χ3v) is 6.59. The van der Waals surface area contributed by atoms with Gasteiger partial charge in [-0.05, 0) is 59.7 Å². The zero-order valence-electron chi connectivity index (χ0n) is 22.8. The lowest BCUT2D eigenvalue weighted by Crippen LogP contribution is -2.32. The molecule has 0 saturated heterocycles. The molecule has 0 aromatic heterocycles. The Kier molecular flexibility index (Phi) is 9.86. The molecule has 0 saturated carbocycles. The number of aliphatic hydroxyl groups is 1. The second kappa shape index (κ2) is 13.3. The van der Waals surface area contributed by atoms with Crippen molar-refractivity contribution in [3.63, 3.8) is 0 Å². The first-order valence-corrected chi connectivity index (χ1v) is 13.0. The van der Waals surface area contributed by atoms with Crippen LogP contribution in [-0.2, 0) is 25.5 Å². The SMILES string of the molecule is OCC(c1cccc(C(F)(F)F)c1)N(Cc1c(F)cccc1C(F)(F)F)c1cccc(OCc2cccc(OC(F)(F)F)c2)c1. The highest BCUT2D eigenvalue weighted by Gasteiger charge is 2.37. The Morgan fingerprint density at radius 2 is 1.38 bits per heavy atom. The zero-order chi connectivity index (χ0) is 33.0. The van der Waals surface area contributed by atoms with Gasteiger partial charge in [0.25, 0.3) is 0 Å². The van der Waals surface area contributed by atoms with E-state index in [-0.39, 0.29) is 29.2 Å². The summed E-state index contributed by atoms with van der Waals surface area (Å²) in [7, 11) is 0. The minimum atomic E-state index is -4.98. The summed E-state index contributed by atoms with van der Waals surface area (Å²) in [5, 5.41) is 10.3. The van der Waals surface area contributed by atoms with Crippen LogP contribution in [0.3, 0.4) is 0 Å². The zero-order valence-corrected chi connectivity index (χ0v) is 22.8. The summed E-state index contributed by atoms with van der Waals surface area (Å²) in [6.07, 6.45) is -14.7. The van der Waals surface area contributed by atoms with E-state index in [1.807, 2.05) is 0 Å². The molecule has 0 aliphatic rings. The van der Waals surface area contributed by atoms with Crippen molar-refractivity contribution < 1.29 is 58.5 Å². The molecule has 0 heterocycles. The fourth-order valence-corrected chi connectivity index (χ4v) is 4.59. The van der Waals surface area contributed by atoms with Crippen LogP contribution < -0.4 is 14.4 Å². The van der Waals surface area contributed by atoms with E-state index in [1.54, 1.807) is 0 Å². The van der Waals surface area contributed by atoms with Gasteiger partial charge in [-0.2, -0.15) is 26.3 Å². The Morgan fingerprint density at radius 1 is 0.711 bits per heavy atom. The number of hydrogen-bond donors (Lipinski definition) is 1. The van der Waals surface area contributed by atoms with Crippen LogP contribution >= 0.6 is 0 Å². The van der Waals surface area contributed by atoms with Gasteiger partial charge in [-0.1, -0.05) is 36.4 Å². The molecule has 1 unspecified atom stereocenters. The van der Waals surface area contributed by atoms with Gasteiger partial charge in [-0.25, -0.2) is 4.39 Å². The first-order chi connectivity index (χ1) is 21.0. The van der Waals surface area contributed by atoms with Gasteiger partial charge < -0.3 is 19.5 Å². The smallest absolute Gasteiger partial charge is 0.489 e. The number of rotatable bonds is 10. The second-order valence-corrected chi connectivity index (χ2v) is 9.69. The molecule has 4 rings (SSSR count). The number of alkyl halides is 9. The average Bonchev–Trinajstić information content (AvgIpc) is 2.95. The summed E-state index contributed by atoms with van der Waals surface area (Å²) in [5.41, 5.74) is -3.03. The maximum atomic E-state index is 14.9. The quantitative estimate of drug-likeness (QED) is 0.175.